The number of ether oxygens (including phenoxy) is 1. The molecule has 3 nitrogen and oxygen atoms in total. The van der Waals surface area contributed by atoms with Crippen LogP contribution in [0.1, 0.15) is 61.5 Å². The van der Waals surface area contributed by atoms with E-state index >= 15 is 0 Å². The Kier molecular flexibility index (Phi) is 4.14. The molecular weight excluding hydrogens is 334 g/mol. The van der Waals surface area contributed by atoms with E-state index in [2.05, 4.69) is 17.1 Å². The lowest BCUT2D eigenvalue weighted by molar-refractivity contribution is -0.0526. The number of nitrogens with one attached hydrogen (secondary N) is 1. The number of rotatable bonds is 5. The Bertz CT molecular complexity index is 800. The summed E-state index contributed by atoms with van der Waals surface area (Å²) in [4.78, 5) is 16.3. The number of carbonyl (C=O) groups is 1. The summed E-state index contributed by atoms with van der Waals surface area (Å²) in [5.74, 6) is 2.58. The molecule has 0 spiro atoms. The van der Waals surface area contributed by atoms with E-state index in [4.69, 9.17) is 4.74 Å². The average Bonchev–Trinajstić information content (AvgIpc) is 3.05. The van der Waals surface area contributed by atoms with E-state index in [1.807, 2.05) is 31.2 Å². The van der Waals surface area contributed by atoms with Gasteiger partial charge in [0.2, 0.25) is 0 Å². The summed E-state index contributed by atoms with van der Waals surface area (Å²) in [5, 5.41) is 0. The molecule has 1 N–H and O–H groups in total. The Hall–Kier alpha value is -2.03. The van der Waals surface area contributed by atoms with E-state index < -0.39 is 0 Å². The van der Waals surface area contributed by atoms with Gasteiger partial charge in [0.05, 0.1) is 12.2 Å². The van der Waals surface area contributed by atoms with E-state index in [1.54, 1.807) is 0 Å². The summed E-state index contributed by atoms with van der Waals surface area (Å²) in [7, 11) is 0. The van der Waals surface area contributed by atoms with Gasteiger partial charge in [0, 0.05) is 11.4 Å². The van der Waals surface area contributed by atoms with Crippen molar-refractivity contribution in [3.63, 3.8) is 0 Å². The predicted octanol–water partition coefficient (Wildman–Crippen LogP) is 5.62. The van der Waals surface area contributed by atoms with Crippen LogP contribution in [0.5, 0.6) is 0 Å². The monoisotopic (exact) mass is 363 g/mol. The lowest BCUT2D eigenvalue weighted by Crippen LogP contribution is -2.47. The second-order valence-corrected chi connectivity index (χ2v) is 9.26. The predicted molar refractivity (Wildman–Crippen MR) is 106 cm³/mol. The van der Waals surface area contributed by atoms with E-state index in [9.17, 15) is 4.79 Å². The highest BCUT2D eigenvalue weighted by atomic mass is 16.5. The van der Waals surface area contributed by atoms with Gasteiger partial charge in [-0.05, 0) is 86.7 Å². The maximum absolute atomic E-state index is 12.7. The van der Waals surface area contributed by atoms with Crippen LogP contribution in [0.15, 0.2) is 36.4 Å². The van der Waals surface area contributed by atoms with Crippen molar-refractivity contribution in [2.75, 3.05) is 6.61 Å². The van der Waals surface area contributed by atoms with Crippen LogP contribution in [0.25, 0.3) is 11.3 Å². The number of hydrogen-bond donors (Lipinski definition) is 1. The molecule has 0 atom stereocenters. The van der Waals surface area contributed by atoms with Gasteiger partial charge in [-0.1, -0.05) is 30.3 Å². The molecule has 0 aliphatic heterocycles. The van der Waals surface area contributed by atoms with Crippen molar-refractivity contribution in [2.45, 2.75) is 51.9 Å². The highest BCUT2D eigenvalue weighted by Crippen LogP contribution is 2.61. The molecule has 4 aliphatic carbocycles. The molecule has 0 saturated heterocycles. The van der Waals surface area contributed by atoms with E-state index in [1.165, 1.54) is 38.5 Å². The van der Waals surface area contributed by atoms with Crippen LogP contribution in [-0.2, 0) is 11.2 Å². The SMILES string of the molecule is CCOC(=O)c1cc(-c2ccccc2)[nH]c1CC12CC3CC(CC(C3)C1)C2. The van der Waals surface area contributed by atoms with Crippen LogP contribution in [0, 0.1) is 23.2 Å². The summed E-state index contributed by atoms with van der Waals surface area (Å²) in [6, 6.07) is 12.3. The number of hydrogen-bond acceptors (Lipinski definition) is 2. The van der Waals surface area contributed by atoms with Crippen molar-refractivity contribution in [3.8, 4) is 11.3 Å². The molecule has 4 aliphatic rings. The smallest absolute Gasteiger partial charge is 0.339 e. The number of benzene rings is 1. The van der Waals surface area contributed by atoms with E-state index in [0.717, 1.165) is 46.7 Å². The van der Waals surface area contributed by atoms with Crippen molar-refractivity contribution < 1.29 is 9.53 Å². The molecule has 2 aromatic rings. The first-order chi connectivity index (χ1) is 13.1. The van der Waals surface area contributed by atoms with Gasteiger partial charge in [-0.2, -0.15) is 0 Å². The van der Waals surface area contributed by atoms with Gasteiger partial charge >= 0.3 is 5.97 Å². The van der Waals surface area contributed by atoms with Gasteiger partial charge in [0.15, 0.2) is 0 Å². The molecule has 1 aromatic carbocycles. The highest BCUT2D eigenvalue weighted by molar-refractivity contribution is 5.92. The number of H-pyrrole nitrogens is 1. The lowest BCUT2D eigenvalue weighted by Gasteiger charge is -2.57. The van der Waals surface area contributed by atoms with Crippen LogP contribution in [0.2, 0.25) is 0 Å². The maximum atomic E-state index is 12.7. The van der Waals surface area contributed by atoms with Crippen LogP contribution >= 0.6 is 0 Å². The fraction of sp³-hybridized carbons (Fsp3) is 0.542. The van der Waals surface area contributed by atoms with E-state index in [-0.39, 0.29) is 5.97 Å². The standard InChI is InChI=1S/C24H29NO2/c1-2-27-23(26)20-11-21(19-6-4-3-5-7-19)25-22(20)15-24-12-16-8-17(13-24)10-18(9-16)14-24/h3-7,11,16-18,25H,2,8-10,12-15H2,1H3. The van der Waals surface area contributed by atoms with Crippen molar-refractivity contribution >= 4 is 5.97 Å². The summed E-state index contributed by atoms with van der Waals surface area (Å²) in [6.45, 7) is 2.29. The molecule has 3 heteroatoms. The zero-order valence-corrected chi connectivity index (χ0v) is 16.2. The number of aromatic amines is 1. The van der Waals surface area contributed by atoms with Crippen LogP contribution in [0.4, 0.5) is 0 Å². The number of esters is 1. The Morgan fingerprint density at radius 3 is 2.30 bits per heavy atom. The fourth-order valence-corrected chi connectivity index (χ4v) is 6.68. The minimum Gasteiger partial charge on any atom is -0.462 e. The topological polar surface area (TPSA) is 42.1 Å². The molecule has 6 rings (SSSR count). The average molecular weight is 364 g/mol. The minimum atomic E-state index is -0.185. The van der Waals surface area contributed by atoms with Crippen molar-refractivity contribution in [2.24, 2.45) is 23.2 Å². The second kappa shape index (κ2) is 6.54. The van der Waals surface area contributed by atoms with Crippen molar-refractivity contribution in [1.29, 1.82) is 0 Å². The third-order valence-corrected chi connectivity index (χ3v) is 7.20. The first-order valence-corrected chi connectivity index (χ1v) is 10.6. The van der Waals surface area contributed by atoms with Crippen LogP contribution in [0.3, 0.4) is 0 Å². The quantitative estimate of drug-likeness (QED) is 0.701. The molecule has 0 radical (unpaired) electrons. The maximum Gasteiger partial charge on any atom is 0.339 e. The highest BCUT2D eigenvalue weighted by Gasteiger charge is 2.51. The zero-order chi connectivity index (χ0) is 18.4. The molecule has 0 amide bonds. The number of carbonyl (C=O) groups excluding carboxylic acids is 1. The Morgan fingerprint density at radius 2 is 1.70 bits per heavy atom. The van der Waals surface area contributed by atoms with Gasteiger partial charge in [-0.15, -0.1) is 0 Å². The van der Waals surface area contributed by atoms with Gasteiger partial charge in [0.25, 0.3) is 0 Å². The second-order valence-electron chi connectivity index (χ2n) is 9.26. The molecule has 27 heavy (non-hydrogen) atoms. The summed E-state index contributed by atoms with van der Waals surface area (Å²) in [6.07, 6.45) is 9.39. The third kappa shape index (κ3) is 3.11. The molecule has 4 fully saturated rings. The Morgan fingerprint density at radius 1 is 1.07 bits per heavy atom. The first-order valence-electron chi connectivity index (χ1n) is 10.6. The molecule has 1 heterocycles. The normalized spacial score (nSPS) is 31.2. The molecular formula is C24H29NO2. The van der Waals surface area contributed by atoms with Crippen LogP contribution in [-0.4, -0.2) is 17.6 Å². The molecule has 0 unspecified atom stereocenters. The van der Waals surface area contributed by atoms with Crippen molar-refractivity contribution in [1.82, 2.24) is 4.98 Å². The largest absolute Gasteiger partial charge is 0.462 e. The van der Waals surface area contributed by atoms with Gasteiger partial charge in [-0.25, -0.2) is 4.79 Å². The Balaban J connectivity index is 1.49. The summed E-state index contributed by atoms with van der Waals surface area (Å²) in [5.41, 5.74) is 4.38. The summed E-state index contributed by atoms with van der Waals surface area (Å²) < 4.78 is 5.38. The number of aromatic nitrogens is 1. The Labute approximate surface area is 161 Å². The van der Waals surface area contributed by atoms with E-state index in [0.29, 0.717) is 12.0 Å². The zero-order valence-electron chi connectivity index (χ0n) is 16.2. The molecule has 4 bridgehead atoms. The van der Waals surface area contributed by atoms with Gasteiger partial charge in [-0.3, -0.25) is 0 Å². The minimum absolute atomic E-state index is 0.185. The van der Waals surface area contributed by atoms with Crippen LogP contribution < -0.4 is 0 Å². The fourth-order valence-electron chi connectivity index (χ4n) is 6.68. The van der Waals surface area contributed by atoms with Gasteiger partial charge in [0.1, 0.15) is 0 Å². The summed E-state index contributed by atoms with van der Waals surface area (Å²) >= 11 is 0. The van der Waals surface area contributed by atoms with Gasteiger partial charge < -0.3 is 9.72 Å². The lowest BCUT2D eigenvalue weighted by atomic mass is 9.48. The van der Waals surface area contributed by atoms with Crippen molar-refractivity contribution in [3.05, 3.63) is 47.7 Å². The third-order valence-electron chi connectivity index (χ3n) is 7.20. The molecule has 4 saturated carbocycles. The molecule has 142 valence electrons. The first kappa shape index (κ1) is 17.1. The molecule has 1 aromatic heterocycles.